The van der Waals surface area contributed by atoms with Crippen LogP contribution < -0.4 is 16.3 Å². The summed E-state index contributed by atoms with van der Waals surface area (Å²) in [5, 5.41) is 13.3. The van der Waals surface area contributed by atoms with Crippen molar-refractivity contribution in [3.63, 3.8) is 0 Å². The zero-order valence-corrected chi connectivity index (χ0v) is 18.6. The van der Waals surface area contributed by atoms with E-state index in [1.54, 1.807) is 22.8 Å². The van der Waals surface area contributed by atoms with Crippen LogP contribution in [0.2, 0.25) is 10.0 Å². The lowest BCUT2D eigenvalue weighted by Crippen LogP contribution is -2.49. The maximum atomic E-state index is 13.1. The number of nitrogens with zero attached hydrogens (tertiary/aromatic N) is 2. The number of nitriles is 1. The predicted molar refractivity (Wildman–Crippen MR) is 123 cm³/mol. The first kappa shape index (κ1) is 22.1. The van der Waals surface area contributed by atoms with Crippen LogP contribution in [0.3, 0.4) is 0 Å². The van der Waals surface area contributed by atoms with Gasteiger partial charge in [0.2, 0.25) is 11.0 Å². The number of halogens is 2. The molecule has 0 aliphatic heterocycles. The molecule has 1 aromatic carbocycles. The quantitative estimate of drug-likeness (QED) is 0.600. The number of rotatable bonds is 4. The second kappa shape index (κ2) is 8.81. The van der Waals surface area contributed by atoms with Crippen molar-refractivity contribution in [2.45, 2.75) is 44.2 Å². The van der Waals surface area contributed by atoms with Gasteiger partial charge in [-0.15, -0.1) is 0 Å². The van der Waals surface area contributed by atoms with Crippen molar-refractivity contribution >= 4 is 40.1 Å². The molecule has 1 amide bonds. The van der Waals surface area contributed by atoms with Crippen molar-refractivity contribution in [3.05, 3.63) is 78.3 Å². The zero-order valence-electron chi connectivity index (χ0n) is 17.1. The molecule has 1 fully saturated rings. The Morgan fingerprint density at radius 1 is 1.12 bits per heavy atom. The molecule has 0 atom stereocenters. The molecule has 4 rings (SSSR count). The van der Waals surface area contributed by atoms with Crippen molar-refractivity contribution in [1.82, 2.24) is 14.9 Å². The van der Waals surface area contributed by atoms with Crippen LogP contribution in [-0.4, -0.2) is 21.0 Å². The van der Waals surface area contributed by atoms with Crippen molar-refractivity contribution in [1.29, 1.82) is 5.26 Å². The van der Waals surface area contributed by atoms with E-state index in [1.165, 1.54) is 18.3 Å². The normalized spacial score (nSPS) is 15.3. The number of amides is 1. The number of carbonyl (C=O) groups is 1. The van der Waals surface area contributed by atoms with Crippen molar-refractivity contribution < 1.29 is 4.79 Å². The molecule has 3 aromatic rings. The fourth-order valence-corrected chi connectivity index (χ4v) is 4.67. The minimum atomic E-state index is -1.00. The Labute approximate surface area is 193 Å². The fourth-order valence-electron chi connectivity index (χ4n) is 4.15. The van der Waals surface area contributed by atoms with E-state index in [4.69, 9.17) is 23.2 Å². The van der Waals surface area contributed by atoms with Crippen LogP contribution in [0.1, 0.15) is 48.0 Å². The van der Waals surface area contributed by atoms with Crippen molar-refractivity contribution in [2.75, 3.05) is 0 Å². The van der Waals surface area contributed by atoms with Gasteiger partial charge in [-0.2, -0.15) is 5.26 Å². The van der Waals surface area contributed by atoms with Crippen LogP contribution in [-0.2, 0) is 6.54 Å². The number of fused-ring (bicyclic) bond motifs is 1. The average Bonchev–Trinajstić information content (AvgIpc) is 2.78. The van der Waals surface area contributed by atoms with Gasteiger partial charge in [-0.3, -0.25) is 14.4 Å². The summed E-state index contributed by atoms with van der Waals surface area (Å²) in [4.78, 5) is 40.7. The van der Waals surface area contributed by atoms with Gasteiger partial charge in [0.05, 0.1) is 18.1 Å². The largest absolute Gasteiger partial charge is 0.341 e. The zero-order chi connectivity index (χ0) is 22.9. The Hall–Kier alpha value is -3.08. The van der Waals surface area contributed by atoms with E-state index >= 15 is 0 Å². The van der Waals surface area contributed by atoms with Gasteiger partial charge in [0.25, 0.3) is 5.91 Å². The van der Waals surface area contributed by atoms with Crippen molar-refractivity contribution in [3.8, 4) is 6.07 Å². The number of pyridine rings is 2. The molecule has 0 unspecified atom stereocenters. The monoisotopic (exact) mass is 470 g/mol. The summed E-state index contributed by atoms with van der Waals surface area (Å²) in [6.07, 6.45) is 5.14. The highest BCUT2D eigenvalue weighted by Gasteiger charge is 2.34. The van der Waals surface area contributed by atoms with E-state index in [0.29, 0.717) is 34.0 Å². The lowest BCUT2D eigenvalue weighted by Gasteiger charge is -2.31. The second-order valence-corrected chi connectivity index (χ2v) is 8.81. The third-order valence-electron chi connectivity index (χ3n) is 5.87. The van der Waals surface area contributed by atoms with Gasteiger partial charge in [-0.1, -0.05) is 48.5 Å². The number of H-pyrrole nitrogens is 1. The first-order chi connectivity index (χ1) is 15.3. The standard InChI is InChI=1S/C23H20Cl2N4O3/c24-16-5-4-6-17(25)14(16)11-29-12-15(21(31)20-18(29)7-8-19(30)27-20)22(32)28-23(13-26)9-2-1-3-10-23/h4-8,12H,1-3,9-11H2,(H,27,30)(H,28,32). The number of benzene rings is 1. The van der Waals surface area contributed by atoms with E-state index in [0.717, 1.165) is 19.3 Å². The molecular formula is C23H20Cl2N4O3. The average molecular weight is 471 g/mol. The highest BCUT2D eigenvalue weighted by atomic mass is 35.5. The lowest BCUT2D eigenvalue weighted by molar-refractivity contribution is 0.0901. The van der Waals surface area contributed by atoms with E-state index in [2.05, 4.69) is 16.4 Å². The van der Waals surface area contributed by atoms with E-state index < -0.39 is 22.4 Å². The number of hydrogen-bond donors (Lipinski definition) is 2. The maximum Gasteiger partial charge on any atom is 0.258 e. The predicted octanol–water partition coefficient (Wildman–Crippen LogP) is 4.00. The molecule has 32 heavy (non-hydrogen) atoms. The Balaban J connectivity index is 1.84. The molecule has 2 heterocycles. The minimum absolute atomic E-state index is 0.00276. The molecule has 2 N–H and O–H groups in total. The smallest absolute Gasteiger partial charge is 0.258 e. The van der Waals surface area contributed by atoms with Gasteiger partial charge in [0, 0.05) is 27.9 Å². The Bertz CT molecular complexity index is 1340. The molecule has 1 saturated carbocycles. The molecule has 0 bridgehead atoms. The Morgan fingerprint density at radius 2 is 1.81 bits per heavy atom. The molecule has 2 aromatic heterocycles. The molecule has 1 aliphatic rings. The first-order valence-corrected chi connectivity index (χ1v) is 11.0. The molecule has 164 valence electrons. The highest BCUT2D eigenvalue weighted by Crippen LogP contribution is 2.28. The fraction of sp³-hybridized carbons (Fsp3) is 0.304. The van der Waals surface area contributed by atoms with Gasteiger partial charge in [-0.05, 0) is 31.0 Å². The summed E-state index contributed by atoms with van der Waals surface area (Å²) in [6, 6.07) is 10.2. The summed E-state index contributed by atoms with van der Waals surface area (Å²) in [5.41, 5.74) is -1.20. The van der Waals surface area contributed by atoms with Gasteiger partial charge in [0.1, 0.15) is 16.6 Å². The van der Waals surface area contributed by atoms with E-state index in [-0.39, 0.29) is 17.6 Å². The highest BCUT2D eigenvalue weighted by molar-refractivity contribution is 6.36. The summed E-state index contributed by atoms with van der Waals surface area (Å²) >= 11 is 12.6. The third-order valence-corrected chi connectivity index (χ3v) is 6.58. The molecule has 0 radical (unpaired) electrons. The topological polar surface area (TPSA) is 108 Å². The van der Waals surface area contributed by atoms with Crippen LogP contribution in [0.15, 0.2) is 46.1 Å². The van der Waals surface area contributed by atoms with Crippen LogP contribution in [0.25, 0.3) is 11.0 Å². The van der Waals surface area contributed by atoms with Gasteiger partial charge < -0.3 is 14.9 Å². The number of nitrogens with one attached hydrogen (secondary N) is 2. The molecule has 0 saturated heterocycles. The van der Waals surface area contributed by atoms with Crippen LogP contribution in [0.4, 0.5) is 0 Å². The number of carbonyl (C=O) groups excluding carboxylic acids is 1. The number of aromatic amines is 1. The molecule has 1 aliphatic carbocycles. The third kappa shape index (κ3) is 4.16. The summed E-state index contributed by atoms with van der Waals surface area (Å²) in [6.45, 7) is 0.172. The van der Waals surface area contributed by atoms with E-state index in [9.17, 15) is 19.6 Å². The maximum absolute atomic E-state index is 13.1. The Kier molecular flexibility index (Phi) is 6.09. The summed E-state index contributed by atoms with van der Waals surface area (Å²) in [7, 11) is 0. The number of hydrogen-bond acceptors (Lipinski definition) is 4. The molecular weight excluding hydrogens is 451 g/mol. The summed E-state index contributed by atoms with van der Waals surface area (Å²) in [5.74, 6) is -0.649. The van der Waals surface area contributed by atoms with Crippen LogP contribution in [0.5, 0.6) is 0 Å². The van der Waals surface area contributed by atoms with E-state index in [1.807, 2.05) is 0 Å². The van der Waals surface area contributed by atoms with Gasteiger partial charge >= 0.3 is 0 Å². The Morgan fingerprint density at radius 3 is 2.47 bits per heavy atom. The van der Waals surface area contributed by atoms with Gasteiger partial charge in [0.15, 0.2) is 0 Å². The minimum Gasteiger partial charge on any atom is -0.341 e. The molecule has 0 spiro atoms. The van der Waals surface area contributed by atoms with Crippen molar-refractivity contribution in [2.24, 2.45) is 0 Å². The SMILES string of the molecule is N#CC1(NC(=O)c2cn(Cc3c(Cl)cccc3Cl)c3ccc(=O)[nH]c3c2=O)CCCCC1. The lowest BCUT2D eigenvalue weighted by atomic mass is 9.82. The van der Waals surface area contributed by atoms with Gasteiger partial charge in [-0.25, -0.2) is 0 Å². The van der Waals surface area contributed by atoms with Crippen LogP contribution >= 0.6 is 23.2 Å². The molecule has 7 nitrogen and oxygen atoms in total. The second-order valence-electron chi connectivity index (χ2n) is 7.99. The first-order valence-electron chi connectivity index (χ1n) is 10.3. The van der Waals surface area contributed by atoms with Crippen LogP contribution in [0, 0.1) is 11.3 Å². The number of aromatic nitrogens is 2. The summed E-state index contributed by atoms with van der Waals surface area (Å²) < 4.78 is 1.65. The molecule has 9 heteroatoms.